The molecule has 0 unspecified atom stereocenters. The van der Waals surface area contributed by atoms with Crippen molar-refractivity contribution in [3.63, 3.8) is 0 Å². The monoisotopic (exact) mass is 430 g/mol. The standard InChI is InChI=1S/C24H19ClN4O2/c1-31-18-12-6-15(7-13-18)14-28-20-5-3-2-4-19(20)22-21(24(28)30)23(26)29(27-22)17-10-8-16(25)9-11-17/h2-13H,14,26H2,1H3. The highest BCUT2D eigenvalue weighted by Crippen LogP contribution is 2.28. The second-order valence-corrected chi connectivity index (χ2v) is 7.69. The predicted molar refractivity (Wildman–Crippen MR) is 124 cm³/mol. The van der Waals surface area contributed by atoms with Gasteiger partial charge in [0.1, 0.15) is 22.5 Å². The van der Waals surface area contributed by atoms with Crippen molar-refractivity contribution in [1.29, 1.82) is 0 Å². The molecule has 2 heterocycles. The van der Waals surface area contributed by atoms with Crippen LogP contribution in [0.1, 0.15) is 5.56 Å². The van der Waals surface area contributed by atoms with Gasteiger partial charge in [0, 0.05) is 10.4 Å². The lowest BCUT2D eigenvalue weighted by atomic mass is 10.1. The van der Waals surface area contributed by atoms with Crippen LogP contribution < -0.4 is 16.0 Å². The number of rotatable bonds is 4. The van der Waals surface area contributed by atoms with Gasteiger partial charge >= 0.3 is 0 Å². The number of methoxy groups -OCH3 is 1. The van der Waals surface area contributed by atoms with Gasteiger partial charge in [-0.05, 0) is 48.0 Å². The van der Waals surface area contributed by atoms with Crippen molar-refractivity contribution < 1.29 is 4.74 Å². The second kappa shape index (κ2) is 7.49. The topological polar surface area (TPSA) is 75.1 Å². The summed E-state index contributed by atoms with van der Waals surface area (Å²) in [6.07, 6.45) is 0. The highest BCUT2D eigenvalue weighted by Gasteiger charge is 2.19. The van der Waals surface area contributed by atoms with Crippen molar-refractivity contribution in [1.82, 2.24) is 14.3 Å². The van der Waals surface area contributed by atoms with Gasteiger partial charge in [-0.15, -0.1) is 0 Å². The number of pyridine rings is 1. The first-order chi connectivity index (χ1) is 15.1. The Kier molecular flexibility index (Phi) is 4.64. The number of benzene rings is 3. The van der Waals surface area contributed by atoms with E-state index >= 15 is 0 Å². The van der Waals surface area contributed by atoms with Gasteiger partial charge in [-0.25, -0.2) is 4.68 Å². The molecule has 7 heteroatoms. The smallest absolute Gasteiger partial charge is 0.264 e. The van der Waals surface area contributed by atoms with Crippen LogP contribution in [0.3, 0.4) is 0 Å². The van der Waals surface area contributed by atoms with E-state index in [1.54, 1.807) is 28.5 Å². The van der Waals surface area contributed by atoms with Crippen LogP contribution >= 0.6 is 11.6 Å². The number of anilines is 1. The molecular formula is C24H19ClN4O2. The summed E-state index contributed by atoms with van der Waals surface area (Å²) < 4.78 is 8.56. The molecule has 154 valence electrons. The fourth-order valence-corrected chi connectivity index (χ4v) is 3.96. The lowest BCUT2D eigenvalue weighted by molar-refractivity contribution is 0.414. The van der Waals surface area contributed by atoms with E-state index in [-0.39, 0.29) is 5.56 Å². The zero-order valence-electron chi connectivity index (χ0n) is 16.7. The van der Waals surface area contributed by atoms with Crippen LogP contribution in [0.25, 0.3) is 27.5 Å². The second-order valence-electron chi connectivity index (χ2n) is 7.25. The molecule has 3 aromatic carbocycles. The third-order valence-corrected chi connectivity index (χ3v) is 5.65. The molecule has 31 heavy (non-hydrogen) atoms. The Labute approximate surface area is 183 Å². The van der Waals surface area contributed by atoms with Gasteiger partial charge in [-0.3, -0.25) is 4.79 Å². The van der Waals surface area contributed by atoms with E-state index in [0.29, 0.717) is 28.3 Å². The third-order valence-electron chi connectivity index (χ3n) is 5.40. The number of para-hydroxylation sites is 1. The summed E-state index contributed by atoms with van der Waals surface area (Å²) in [5, 5.41) is 6.58. The first-order valence-electron chi connectivity index (χ1n) is 9.75. The molecule has 0 bridgehead atoms. The minimum absolute atomic E-state index is 0.178. The minimum atomic E-state index is -0.178. The van der Waals surface area contributed by atoms with E-state index in [0.717, 1.165) is 27.9 Å². The summed E-state index contributed by atoms with van der Waals surface area (Å²) >= 11 is 6.02. The number of nitrogens with zero attached hydrogens (tertiary/aromatic N) is 3. The first-order valence-corrected chi connectivity index (χ1v) is 10.1. The average molecular weight is 431 g/mol. The van der Waals surface area contributed by atoms with Crippen molar-refractivity contribution >= 4 is 39.2 Å². The summed E-state index contributed by atoms with van der Waals surface area (Å²) in [7, 11) is 1.63. The lowest BCUT2D eigenvalue weighted by Gasteiger charge is -2.11. The Morgan fingerprint density at radius 3 is 2.42 bits per heavy atom. The van der Waals surface area contributed by atoms with Crippen LogP contribution in [-0.2, 0) is 6.54 Å². The van der Waals surface area contributed by atoms with E-state index in [1.165, 1.54) is 0 Å². The number of halogens is 1. The van der Waals surface area contributed by atoms with Gasteiger partial charge in [0.05, 0.1) is 24.9 Å². The highest BCUT2D eigenvalue weighted by atomic mass is 35.5. The maximum Gasteiger partial charge on any atom is 0.264 e. The summed E-state index contributed by atoms with van der Waals surface area (Å²) in [5.74, 6) is 1.07. The molecular weight excluding hydrogens is 412 g/mol. The van der Waals surface area contributed by atoms with E-state index in [2.05, 4.69) is 0 Å². The third kappa shape index (κ3) is 3.21. The number of ether oxygens (including phenoxy) is 1. The minimum Gasteiger partial charge on any atom is -0.497 e. The molecule has 0 atom stereocenters. The Hall–Kier alpha value is -3.77. The van der Waals surface area contributed by atoms with Crippen LogP contribution in [0, 0.1) is 0 Å². The Balaban J connectivity index is 1.75. The van der Waals surface area contributed by atoms with Gasteiger partial charge in [0.15, 0.2) is 0 Å². The van der Waals surface area contributed by atoms with Crippen molar-refractivity contribution in [3.8, 4) is 11.4 Å². The number of nitrogens with two attached hydrogens (primary N) is 1. The zero-order chi connectivity index (χ0) is 21.5. The number of aromatic nitrogens is 3. The zero-order valence-corrected chi connectivity index (χ0v) is 17.5. The number of hydrogen-bond acceptors (Lipinski definition) is 4. The fraction of sp³-hybridized carbons (Fsp3) is 0.0833. The molecule has 2 N–H and O–H groups in total. The van der Waals surface area contributed by atoms with Gasteiger partial charge < -0.3 is 15.0 Å². The van der Waals surface area contributed by atoms with Crippen molar-refractivity contribution in [2.45, 2.75) is 6.54 Å². The van der Waals surface area contributed by atoms with Crippen LogP contribution in [0.5, 0.6) is 5.75 Å². The molecule has 0 radical (unpaired) electrons. The SMILES string of the molecule is COc1ccc(Cn2c(=O)c3c(N)n(-c4ccc(Cl)cc4)nc3c3ccccc32)cc1. The molecule has 2 aromatic heterocycles. The summed E-state index contributed by atoms with van der Waals surface area (Å²) in [4.78, 5) is 13.6. The van der Waals surface area contributed by atoms with Gasteiger partial charge in [0.2, 0.25) is 0 Å². The lowest BCUT2D eigenvalue weighted by Crippen LogP contribution is -2.22. The van der Waals surface area contributed by atoms with Crippen LogP contribution in [0.15, 0.2) is 77.6 Å². The first kappa shape index (κ1) is 19.2. The van der Waals surface area contributed by atoms with Crippen LogP contribution in [0.2, 0.25) is 5.02 Å². The van der Waals surface area contributed by atoms with Crippen molar-refractivity contribution in [3.05, 3.63) is 93.7 Å². The average Bonchev–Trinajstić information content (AvgIpc) is 3.15. The fourth-order valence-electron chi connectivity index (χ4n) is 3.83. The maximum absolute atomic E-state index is 13.6. The molecule has 0 fully saturated rings. The molecule has 0 spiro atoms. The molecule has 0 aliphatic heterocycles. The van der Waals surface area contributed by atoms with Crippen molar-refractivity contribution in [2.24, 2.45) is 0 Å². The summed E-state index contributed by atoms with van der Waals surface area (Å²) in [6.45, 7) is 0.408. The molecule has 0 saturated heterocycles. The Morgan fingerprint density at radius 2 is 1.71 bits per heavy atom. The van der Waals surface area contributed by atoms with Gasteiger partial charge in [-0.1, -0.05) is 41.9 Å². The normalized spacial score (nSPS) is 11.3. The summed E-state index contributed by atoms with van der Waals surface area (Å²) in [5.41, 5.74) is 9.37. The maximum atomic E-state index is 13.6. The van der Waals surface area contributed by atoms with Gasteiger partial charge in [0.25, 0.3) is 5.56 Å². The van der Waals surface area contributed by atoms with Gasteiger partial charge in [-0.2, -0.15) is 5.10 Å². The molecule has 6 nitrogen and oxygen atoms in total. The van der Waals surface area contributed by atoms with Crippen LogP contribution in [0.4, 0.5) is 5.82 Å². The van der Waals surface area contributed by atoms with E-state index in [9.17, 15) is 4.79 Å². The highest BCUT2D eigenvalue weighted by molar-refractivity contribution is 6.30. The molecule has 5 aromatic rings. The largest absolute Gasteiger partial charge is 0.497 e. The number of nitrogen functional groups attached to an aromatic ring is 1. The van der Waals surface area contributed by atoms with E-state index < -0.39 is 0 Å². The summed E-state index contributed by atoms with van der Waals surface area (Å²) in [6, 6.07) is 22.6. The Morgan fingerprint density at radius 1 is 1.00 bits per heavy atom. The van der Waals surface area contributed by atoms with E-state index in [1.807, 2.05) is 60.7 Å². The molecule has 0 saturated carbocycles. The Bertz CT molecular complexity index is 1470. The molecule has 0 aliphatic rings. The molecule has 5 rings (SSSR count). The van der Waals surface area contributed by atoms with Crippen molar-refractivity contribution in [2.75, 3.05) is 12.8 Å². The van der Waals surface area contributed by atoms with E-state index in [4.69, 9.17) is 27.2 Å². The quantitative estimate of drug-likeness (QED) is 0.451. The predicted octanol–water partition coefficient (Wildman–Crippen LogP) is 4.63. The van der Waals surface area contributed by atoms with Crippen LogP contribution in [-0.4, -0.2) is 21.5 Å². The number of hydrogen-bond donors (Lipinski definition) is 1. The molecule has 0 aliphatic carbocycles. The number of fused-ring (bicyclic) bond motifs is 3. The molecule has 0 amide bonds.